The van der Waals surface area contributed by atoms with Gasteiger partial charge in [-0.05, 0) is 54.8 Å². The maximum Gasteiger partial charge on any atom is 0.431 e. The van der Waals surface area contributed by atoms with Gasteiger partial charge in [-0.15, -0.1) is 0 Å². The quantitative estimate of drug-likeness (QED) is 0.313. The van der Waals surface area contributed by atoms with E-state index in [0.29, 0.717) is 11.3 Å². The maximum atomic E-state index is 13.6. The fraction of sp³-hybridized carbons (Fsp3) is 0.296. The minimum atomic E-state index is -6.04. The van der Waals surface area contributed by atoms with Crippen LogP contribution in [0.5, 0.6) is 5.75 Å². The van der Waals surface area contributed by atoms with Crippen LogP contribution in [0, 0.1) is 0 Å². The number of nitrogens with zero attached hydrogens (tertiary/aromatic N) is 2. The SMILES string of the molecule is CC(C)Oc1ccc(-c2ccc(C3CC(C(O)(C(F)(F)F)C(F)(F)F)=NN3c3ccccc3Cl)cc2)cc1. The van der Waals surface area contributed by atoms with Gasteiger partial charge < -0.3 is 9.84 Å². The van der Waals surface area contributed by atoms with Gasteiger partial charge in [-0.3, -0.25) is 5.01 Å². The van der Waals surface area contributed by atoms with E-state index >= 15 is 0 Å². The van der Waals surface area contributed by atoms with Crippen LogP contribution in [0.1, 0.15) is 31.9 Å². The molecule has 3 aromatic carbocycles. The van der Waals surface area contributed by atoms with Crippen LogP contribution in [-0.4, -0.2) is 34.9 Å². The molecule has 4 nitrogen and oxygen atoms in total. The second-order valence-corrected chi connectivity index (χ2v) is 9.49. The molecule has 1 heterocycles. The fourth-order valence-electron chi connectivity index (χ4n) is 4.23. The highest BCUT2D eigenvalue weighted by atomic mass is 35.5. The van der Waals surface area contributed by atoms with Crippen LogP contribution < -0.4 is 9.75 Å². The molecule has 38 heavy (non-hydrogen) atoms. The van der Waals surface area contributed by atoms with Crippen molar-refractivity contribution < 1.29 is 36.2 Å². The van der Waals surface area contributed by atoms with Crippen LogP contribution in [0.15, 0.2) is 77.9 Å². The zero-order valence-corrected chi connectivity index (χ0v) is 20.9. The first-order valence-electron chi connectivity index (χ1n) is 11.6. The summed E-state index contributed by atoms with van der Waals surface area (Å²) in [4.78, 5) is 0. The second-order valence-electron chi connectivity index (χ2n) is 9.08. The first-order chi connectivity index (χ1) is 17.7. The van der Waals surface area contributed by atoms with E-state index in [-0.39, 0.29) is 16.8 Å². The van der Waals surface area contributed by atoms with Crippen molar-refractivity contribution in [1.29, 1.82) is 0 Å². The lowest BCUT2D eigenvalue weighted by Crippen LogP contribution is -2.62. The number of benzene rings is 3. The molecule has 0 aromatic heterocycles. The van der Waals surface area contributed by atoms with Crippen LogP contribution in [0.4, 0.5) is 32.0 Å². The van der Waals surface area contributed by atoms with Gasteiger partial charge in [0, 0.05) is 6.42 Å². The van der Waals surface area contributed by atoms with E-state index in [0.717, 1.165) is 16.1 Å². The average Bonchev–Trinajstić information content (AvgIpc) is 3.28. The van der Waals surface area contributed by atoms with E-state index < -0.39 is 36.1 Å². The minimum Gasteiger partial charge on any atom is -0.491 e. The number of halogens is 7. The summed E-state index contributed by atoms with van der Waals surface area (Å²) in [5.41, 5.74) is -4.48. The maximum absolute atomic E-state index is 13.6. The van der Waals surface area contributed by atoms with Gasteiger partial charge in [0.2, 0.25) is 0 Å². The molecule has 0 saturated carbocycles. The predicted octanol–water partition coefficient (Wildman–Crippen LogP) is 7.96. The number of anilines is 1. The molecule has 202 valence electrons. The smallest absolute Gasteiger partial charge is 0.431 e. The van der Waals surface area contributed by atoms with Crippen LogP contribution >= 0.6 is 11.6 Å². The summed E-state index contributed by atoms with van der Waals surface area (Å²) in [6, 6.07) is 18.8. The van der Waals surface area contributed by atoms with Crippen molar-refractivity contribution in [3.8, 4) is 16.9 Å². The lowest BCUT2D eigenvalue weighted by Gasteiger charge is -2.32. The largest absolute Gasteiger partial charge is 0.491 e. The Hall–Kier alpha value is -3.24. The highest BCUT2D eigenvalue weighted by molar-refractivity contribution is 6.33. The monoisotopic (exact) mass is 556 g/mol. The Morgan fingerprint density at radius 3 is 1.89 bits per heavy atom. The van der Waals surface area contributed by atoms with Crippen molar-refractivity contribution in [2.24, 2.45) is 5.10 Å². The fourth-order valence-corrected chi connectivity index (χ4v) is 4.45. The van der Waals surface area contributed by atoms with Gasteiger partial charge in [-0.1, -0.05) is 60.1 Å². The highest BCUT2D eigenvalue weighted by Crippen LogP contribution is 2.49. The normalized spacial score (nSPS) is 16.7. The van der Waals surface area contributed by atoms with Gasteiger partial charge in [-0.25, -0.2) is 0 Å². The summed E-state index contributed by atoms with van der Waals surface area (Å²) in [5, 5.41) is 14.7. The Morgan fingerprint density at radius 2 is 1.39 bits per heavy atom. The number of hydrogen-bond acceptors (Lipinski definition) is 4. The molecule has 0 saturated heterocycles. The molecule has 0 amide bonds. The molecule has 1 N–H and O–H groups in total. The zero-order valence-electron chi connectivity index (χ0n) is 20.2. The Morgan fingerprint density at radius 1 is 0.868 bits per heavy atom. The number of hydrazone groups is 1. The van der Waals surface area contributed by atoms with Gasteiger partial charge in [0.25, 0.3) is 5.60 Å². The molecular formula is C27H23ClF6N2O2. The van der Waals surface area contributed by atoms with E-state index in [4.69, 9.17) is 16.3 Å². The second kappa shape index (κ2) is 10.1. The lowest BCUT2D eigenvalue weighted by atomic mass is 9.89. The number of ether oxygens (including phenoxy) is 1. The summed E-state index contributed by atoms with van der Waals surface area (Å²) in [7, 11) is 0. The molecule has 0 spiro atoms. The first kappa shape index (κ1) is 27.8. The Kier molecular flexibility index (Phi) is 7.42. The Balaban J connectivity index is 1.71. The summed E-state index contributed by atoms with van der Waals surface area (Å²) < 4.78 is 87.4. The molecule has 0 fully saturated rings. The van der Waals surface area contributed by atoms with Crippen LogP contribution in [0.3, 0.4) is 0 Å². The summed E-state index contributed by atoms with van der Waals surface area (Å²) in [5.74, 6) is 0.688. The molecule has 0 aliphatic carbocycles. The summed E-state index contributed by atoms with van der Waals surface area (Å²) in [6.07, 6.45) is -12.9. The van der Waals surface area contributed by atoms with Crippen molar-refractivity contribution in [1.82, 2.24) is 0 Å². The topological polar surface area (TPSA) is 45.1 Å². The molecule has 0 radical (unpaired) electrons. The standard InChI is InChI=1S/C27H23ClF6N2O2/c1-16(2)38-20-13-11-18(12-14-20)17-7-9-19(10-8-17)23-15-24(25(37,26(29,30)31)27(32,33)34)35-36(23)22-6-4-3-5-21(22)28/h3-14,16,23,37H,15H2,1-2H3. The third-order valence-corrected chi connectivity index (χ3v) is 6.42. The minimum absolute atomic E-state index is 0.00654. The van der Waals surface area contributed by atoms with Crippen LogP contribution in [0.2, 0.25) is 5.02 Å². The molecule has 11 heteroatoms. The van der Waals surface area contributed by atoms with E-state index in [2.05, 4.69) is 5.10 Å². The predicted molar refractivity (Wildman–Crippen MR) is 133 cm³/mol. The van der Waals surface area contributed by atoms with Gasteiger partial charge in [0.1, 0.15) is 5.75 Å². The summed E-state index contributed by atoms with van der Waals surface area (Å²) >= 11 is 6.22. The van der Waals surface area contributed by atoms with Gasteiger partial charge in [-0.2, -0.15) is 31.4 Å². The van der Waals surface area contributed by atoms with Crippen molar-refractivity contribution in [3.63, 3.8) is 0 Å². The third-order valence-electron chi connectivity index (χ3n) is 6.10. The molecule has 1 aliphatic rings. The van der Waals surface area contributed by atoms with E-state index in [9.17, 15) is 31.4 Å². The van der Waals surface area contributed by atoms with Crippen molar-refractivity contribution >= 4 is 23.0 Å². The first-order valence-corrected chi connectivity index (χ1v) is 11.9. The zero-order chi connectivity index (χ0) is 27.9. The number of alkyl halides is 6. The number of rotatable bonds is 6. The third kappa shape index (κ3) is 5.19. The van der Waals surface area contributed by atoms with Crippen molar-refractivity contribution in [2.75, 3.05) is 5.01 Å². The number of hydrogen-bond donors (Lipinski definition) is 1. The van der Waals surface area contributed by atoms with Crippen molar-refractivity contribution in [3.05, 3.63) is 83.4 Å². The van der Waals surface area contributed by atoms with Crippen LogP contribution in [0.25, 0.3) is 11.1 Å². The average molecular weight is 557 g/mol. The van der Waals surface area contributed by atoms with Crippen molar-refractivity contribution in [2.45, 2.75) is 50.4 Å². The molecule has 4 rings (SSSR count). The van der Waals surface area contributed by atoms with Gasteiger partial charge in [0.15, 0.2) is 0 Å². The molecule has 3 aromatic rings. The molecule has 1 aliphatic heterocycles. The number of para-hydroxylation sites is 1. The molecule has 1 atom stereocenters. The summed E-state index contributed by atoms with van der Waals surface area (Å²) in [6.45, 7) is 3.81. The molecule has 0 bridgehead atoms. The van der Waals surface area contributed by atoms with Gasteiger partial charge in [0.05, 0.1) is 28.6 Å². The van der Waals surface area contributed by atoms with Crippen LogP contribution in [-0.2, 0) is 0 Å². The molecule has 1 unspecified atom stereocenters. The van der Waals surface area contributed by atoms with E-state index in [1.807, 2.05) is 26.0 Å². The van der Waals surface area contributed by atoms with E-state index in [1.165, 1.54) is 18.2 Å². The van der Waals surface area contributed by atoms with Gasteiger partial charge >= 0.3 is 12.4 Å². The lowest BCUT2D eigenvalue weighted by molar-refractivity contribution is -0.338. The Labute approximate surface area is 220 Å². The van der Waals surface area contributed by atoms with E-state index in [1.54, 1.807) is 42.5 Å². The molecular weight excluding hydrogens is 534 g/mol. The highest BCUT2D eigenvalue weighted by Gasteiger charge is 2.74. The Bertz CT molecular complexity index is 1290. The number of aliphatic hydroxyl groups is 1.